The number of nitrogens with one attached hydrogen (secondary N) is 8. The van der Waals surface area contributed by atoms with Crippen molar-refractivity contribution in [3.8, 4) is 0 Å². The van der Waals surface area contributed by atoms with Gasteiger partial charge in [0.15, 0.2) is 11.9 Å². The third-order valence-electron chi connectivity index (χ3n) is 12.1. The number of halogens is 3. The molecule has 0 aliphatic carbocycles. The molecule has 0 bridgehead atoms. The van der Waals surface area contributed by atoms with Crippen molar-refractivity contribution < 1.29 is 101 Å². The topological polar surface area (TPSA) is 623 Å². The molecule has 2 aromatic carbocycles. The van der Waals surface area contributed by atoms with E-state index in [1.54, 1.807) is 48.5 Å². The molecular formula is C52H74F3N17O18. The number of primary amides is 2. The number of aliphatic carboxylic acids is 4. The molecule has 0 saturated carbocycles. The zero-order chi connectivity index (χ0) is 68.4. The van der Waals surface area contributed by atoms with E-state index in [-0.39, 0.29) is 57.1 Å². The standard InChI is InChI=1S/C50H73N17O16.C2HF3O2/c1-25(60-44(78)32(22-36(52)68)63-41(75)28(51)14-8-18-58-49(54)55)40(74)61-30(16-17-38(70)71)43(77)65-33(23-37(53)69)46(80)64-31(20-26-10-4-2-5-11-26)45(79)66-34(24-39(72)73)47(81)62-29(15-9-19-59-50(56)57)42(76)67-35(48(82)83)21-27-12-6-3-7-13-27;3-2(4,5)1(6)7/h2-7,10-13,25,28-35H,8-9,14-24,51H2,1H3,(H2,52,68)(H2,53,69)(H,60,78)(H,61,74)(H,62,81)(H,63,75)(H,64,80)(H,65,77)(H,66,79)(H,67,76)(H,70,71)(H,72,73)(H,82,83)(H4,54,55,58)(H4,56,57,59);(H,6,7)/t25-,28-,29-,30-,31-,32-,33-,34-,35-;/m0./s1. The van der Waals surface area contributed by atoms with Crippen LogP contribution < -0.4 is 82.7 Å². The Morgan fingerprint density at radius 3 is 1.20 bits per heavy atom. The summed E-state index contributed by atoms with van der Waals surface area (Å²) in [7, 11) is 0. The normalized spacial score (nSPS) is 13.7. The largest absolute Gasteiger partial charge is 0.490 e. The number of carbonyl (C=O) groups excluding carboxylic acids is 10. The minimum atomic E-state index is -5.08. The van der Waals surface area contributed by atoms with E-state index in [9.17, 15) is 90.8 Å². The van der Waals surface area contributed by atoms with Gasteiger partial charge < -0.3 is 103 Å². The molecule has 90 heavy (non-hydrogen) atoms. The van der Waals surface area contributed by atoms with Crippen LogP contribution >= 0.6 is 0 Å². The summed E-state index contributed by atoms with van der Waals surface area (Å²) in [5, 5.41) is 54.7. The molecule has 496 valence electrons. The van der Waals surface area contributed by atoms with Gasteiger partial charge in [-0.15, -0.1) is 0 Å². The van der Waals surface area contributed by atoms with Gasteiger partial charge in [-0.2, -0.15) is 13.2 Å². The molecule has 0 aromatic heterocycles. The fraction of sp³-hybridized carbons (Fsp3) is 0.462. The van der Waals surface area contributed by atoms with E-state index in [0.717, 1.165) is 6.92 Å². The van der Waals surface area contributed by atoms with Crippen molar-refractivity contribution in [3.63, 3.8) is 0 Å². The zero-order valence-corrected chi connectivity index (χ0v) is 48.2. The molecule has 0 spiro atoms. The lowest BCUT2D eigenvalue weighted by atomic mass is 10.0. The lowest BCUT2D eigenvalue weighted by molar-refractivity contribution is -0.192. The summed E-state index contributed by atoms with van der Waals surface area (Å²) in [6.45, 7) is 1.17. The van der Waals surface area contributed by atoms with Gasteiger partial charge in [0, 0.05) is 32.4 Å². The summed E-state index contributed by atoms with van der Waals surface area (Å²) in [6, 6.07) is 0.860. The van der Waals surface area contributed by atoms with Crippen molar-refractivity contribution in [3.05, 3.63) is 71.8 Å². The first-order valence-electron chi connectivity index (χ1n) is 26.9. The predicted octanol–water partition coefficient (Wildman–Crippen LogP) is -6.39. The Kier molecular flexibility index (Phi) is 33.7. The first-order valence-corrected chi connectivity index (χ1v) is 26.9. The maximum atomic E-state index is 14.2. The van der Waals surface area contributed by atoms with E-state index in [2.05, 4.69) is 52.5 Å². The van der Waals surface area contributed by atoms with Gasteiger partial charge >= 0.3 is 30.1 Å². The number of carbonyl (C=O) groups is 14. The molecule has 9 atom stereocenters. The summed E-state index contributed by atoms with van der Waals surface area (Å²) in [5.74, 6) is -19.3. The first-order chi connectivity index (χ1) is 42.0. The van der Waals surface area contributed by atoms with Gasteiger partial charge in [-0.25, -0.2) is 9.59 Å². The Hall–Kier alpha value is -10.7. The smallest absolute Gasteiger partial charge is 0.481 e. The van der Waals surface area contributed by atoms with Gasteiger partial charge in [0.05, 0.1) is 25.3 Å². The highest BCUT2D eigenvalue weighted by Gasteiger charge is 2.39. The highest BCUT2D eigenvalue weighted by Crippen LogP contribution is 2.14. The Bertz CT molecular complexity index is 2900. The number of nitrogens with two attached hydrogens (primary N) is 7. The number of rotatable bonds is 38. The molecule has 26 N–H and O–H groups in total. The molecule has 10 amide bonds. The second kappa shape index (κ2) is 39.2. The second-order valence-electron chi connectivity index (χ2n) is 19.6. The van der Waals surface area contributed by atoms with E-state index >= 15 is 0 Å². The molecule has 2 aromatic rings. The summed E-state index contributed by atoms with van der Waals surface area (Å²) in [6.07, 6.45) is -9.90. The molecular weight excluding hydrogens is 1210 g/mol. The van der Waals surface area contributed by atoms with E-state index < -0.39 is 182 Å². The quantitative estimate of drug-likeness (QED) is 0.0169. The van der Waals surface area contributed by atoms with Crippen LogP contribution in [0.5, 0.6) is 0 Å². The average molecular weight is 1280 g/mol. The predicted molar refractivity (Wildman–Crippen MR) is 307 cm³/mol. The van der Waals surface area contributed by atoms with Gasteiger partial charge in [-0.1, -0.05) is 60.7 Å². The van der Waals surface area contributed by atoms with Crippen LogP contribution in [0.15, 0.2) is 70.6 Å². The third kappa shape index (κ3) is 32.2. The molecule has 0 unspecified atom stereocenters. The summed E-state index contributed by atoms with van der Waals surface area (Å²) < 4.78 is 31.7. The number of aliphatic imine (C=N–C) groups is 2. The number of carboxylic acid groups (broad SMARTS) is 4. The molecule has 35 nitrogen and oxygen atoms in total. The van der Waals surface area contributed by atoms with E-state index in [1.807, 2.05) is 0 Å². The second-order valence-corrected chi connectivity index (χ2v) is 19.6. The van der Waals surface area contributed by atoms with Crippen molar-refractivity contribution in [1.29, 1.82) is 0 Å². The SMILES string of the molecule is C[C@H](NC(=O)[C@H](CC(N)=O)NC(=O)[C@@H](N)CCCN=C(N)N)C(=O)N[C@@H](CCC(=O)O)C(=O)N[C@@H](CC(N)=O)C(=O)N[C@@H](Cc1ccccc1)C(=O)N[C@@H](CC(=O)O)C(=O)N[C@@H](CCCN=C(N)N)C(=O)N[C@@H](Cc1ccccc1)C(=O)O.O=C(O)C(F)(F)F. The minimum absolute atomic E-state index is 0.0193. The number of guanidine groups is 2. The molecule has 0 aliphatic rings. The van der Waals surface area contributed by atoms with E-state index in [4.69, 9.17) is 50.0 Å². The van der Waals surface area contributed by atoms with Crippen LogP contribution in [-0.2, 0) is 80.0 Å². The maximum Gasteiger partial charge on any atom is 0.490 e. The van der Waals surface area contributed by atoms with Crippen molar-refractivity contribution in [2.75, 3.05) is 13.1 Å². The van der Waals surface area contributed by atoms with Gasteiger partial charge in [0.2, 0.25) is 59.1 Å². The van der Waals surface area contributed by atoms with Crippen molar-refractivity contribution in [2.24, 2.45) is 50.1 Å². The average Bonchev–Trinajstić information content (AvgIpc) is 2.85. The molecule has 2 rings (SSSR count). The zero-order valence-electron chi connectivity index (χ0n) is 48.2. The lowest BCUT2D eigenvalue weighted by Crippen LogP contribution is -2.61. The van der Waals surface area contributed by atoms with Crippen LogP contribution in [0.4, 0.5) is 13.2 Å². The molecule has 0 heterocycles. The van der Waals surface area contributed by atoms with Crippen LogP contribution in [0, 0.1) is 0 Å². The van der Waals surface area contributed by atoms with Crippen LogP contribution in [0.1, 0.15) is 75.8 Å². The Morgan fingerprint density at radius 1 is 0.444 bits per heavy atom. The minimum Gasteiger partial charge on any atom is -0.481 e. The summed E-state index contributed by atoms with van der Waals surface area (Å²) >= 11 is 0. The van der Waals surface area contributed by atoms with Crippen molar-refractivity contribution in [1.82, 2.24) is 42.5 Å². The number of alkyl halides is 3. The number of benzene rings is 2. The maximum absolute atomic E-state index is 14.2. The summed E-state index contributed by atoms with van der Waals surface area (Å²) in [4.78, 5) is 186. The molecule has 0 fully saturated rings. The van der Waals surface area contributed by atoms with Gasteiger partial charge in [0.25, 0.3) is 0 Å². The summed E-state index contributed by atoms with van der Waals surface area (Å²) in [5.41, 5.74) is 39.0. The van der Waals surface area contributed by atoms with Gasteiger partial charge in [-0.05, 0) is 50.2 Å². The van der Waals surface area contributed by atoms with E-state index in [0.29, 0.717) is 11.1 Å². The van der Waals surface area contributed by atoms with Crippen molar-refractivity contribution in [2.45, 2.75) is 138 Å². The molecule has 0 aliphatic heterocycles. The Labute approximate surface area is 510 Å². The fourth-order valence-corrected chi connectivity index (χ4v) is 7.59. The first kappa shape index (κ1) is 77.3. The Balaban J connectivity index is 0.00000543. The third-order valence-corrected chi connectivity index (χ3v) is 12.1. The van der Waals surface area contributed by atoms with E-state index in [1.165, 1.54) is 12.1 Å². The number of hydrogen-bond donors (Lipinski definition) is 19. The molecule has 0 saturated heterocycles. The number of amides is 10. The fourth-order valence-electron chi connectivity index (χ4n) is 7.59. The van der Waals surface area contributed by atoms with Crippen LogP contribution in [0.3, 0.4) is 0 Å². The van der Waals surface area contributed by atoms with Crippen molar-refractivity contribution >= 4 is 94.9 Å². The monoisotopic (exact) mass is 1280 g/mol. The molecule has 38 heteroatoms. The highest BCUT2D eigenvalue weighted by atomic mass is 19.4. The highest BCUT2D eigenvalue weighted by molar-refractivity contribution is 6.00. The Morgan fingerprint density at radius 2 is 0.789 bits per heavy atom. The number of hydrogen-bond acceptors (Lipinski definition) is 17. The lowest BCUT2D eigenvalue weighted by Gasteiger charge is -2.27. The van der Waals surface area contributed by atoms with Gasteiger partial charge in [0.1, 0.15) is 48.3 Å². The number of nitrogens with zero attached hydrogens (tertiary/aromatic N) is 2. The number of carboxylic acids is 4. The van der Waals surface area contributed by atoms with Crippen LogP contribution in [0.25, 0.3) is 0 Å². The molecule has 0 radical (unpaired) electrons. The van der Waals surface area contributed by atoms with Gasteiger partial charge in [-0.3, -0.25) is 67.5 Å². The van der Waals surface area contributed by atoms with Crippen LogP contribution in [0.2, 0.25) is 0 Å². The van der Waals surface area contributed by atoms with Crippen LogP contribution in [-0.4, -0.2) is 189 Å².